The van der Waals surface area contributed by atoms with Gasteiger partial charge >= 0.3 is 0 Å². The Morgan fingerprint density at radius 2 is 1.93 bits per heavy atom. The molecule has 4 rings (SSSR count). The van der Waals surface area contributed by atoms with Crippen LogP contribution in [-0.4, -0.2) is 27.0 Å². The lowest BCUT2D eigenvalue weighted by Crippen LogP contribution is -2.24. The van der Waals surface area contributed by atoms with Crippen LogP contribution in [0.5, 0.6) is 0 Å². The molecule has 2 aromatic carbocycles. The number of thioether (sulfide) groups is 2. The zero-order valence-corrected chi connectivity index (χ0v) is 17.7. The Labute approximate surface area is 177 Å². The minimum absolute atomic E-state index is 0.0539. The van der Waals surface area contributed by atoms with E-state index in [0.29, 0.717) is 5.16 Å². The third kappa shape index (κ3) is 4.41. The van der Waals surface area contributed by atoms with E-state index in [1.165, 1.54) is 17.3 Å². The third-order valence-corrected chi connectivity index (χ3v) is 6.71. The van der Waals surface area contributed by atoms with Gasteiger partial charge in [-0.3, -0.25) is 14.2 Å². The SMILES string of the molecule is CCc1ccc(NC(=O)CSc2nc3c(c(=O)n2-c2ccccc2)SCC3)cc1. The minimum Gasteiger partial charge on any atom is -0.325 e. The van der Waals surface area contributed by atoms with Gasteiger partial charge in [0.1, 0.15) is 0 Å². The molecule has 0 saturated heterocycles. The van der Waals surface area contributed by atoms with Crippen LogP contribution in [0.15, 0.2) is 69.4 Å². The van der Waals surface area contributed by atoms with Gasteiger partial charge in [0.2, 0.25) is 5.91 Å². The molecule has 1 amide bonds. The standard InChI is InChI=1S/C22H21N3O2S2/c1-2-15-8-10-16(11-9-15)23-19(26)14-29-22-24-18-12-13-28-20(18)21(27)25(22)17-6-4-3-5-7-17/h3-11H,2,12-14H2,1H3,(H,23,26). The van der Waals surface area contributed by atoms with Crippen LogP contribution in [0.4, 0.5) is 5.69 Å². The maximum Gasteiger partial charge on any atom is 0.272 e. The minimum atomic E-state index is -0.122. The molecule has 1 aromatic heterocycles. The first-order chi connectivity index (χ1) is 14.2. The van der Waals surface area contributed by atoms with Crippen molar-refractivity contribution in [3.05, 3.63) is 76.2 Å². The summed E-state index contributed by atoms with van der Waals surface area (Å²) in [4.78, 5) is 31.0. The van der Waals surface area contributed by atoms with Gasteiger partial charge in [0.15, 0.2) is 5.16 Å². The summed E-state index contributed by atoms with van der Waals surface area (Å²) in [5.74, 6) is 0.929. The van der Waals surface area contributed by atoms with Crippen molar-refractivity contribution >= 4 is 35.1 Å². The van der Waals surface area contributed by atoms with Crippen molar-refractivity contribution in [3.63, 3.8) is 0 Å². The highest BCUT2D eigenvalue weighted by Gasteiger charge is 2.22. The summed E-state index contributed by atoms with van der Waals surface area (Å²) in [6.07, 6.45) is 1.75. The Hall–Kier alpha value is -2.51. The first-order valence-electron chi connectivity index (χ1n) is 9.51. The normalized spacial score (nSPS) is 12.6. The highest BCUT2D eigenvalue weighted by atomic mass is 32.2. The highest BCUT2D eigenvalue weighted by molar-refractivity contribution is 8.00. The number of para-hydroxylation sites is 1. The highest BCUT2D eigenvalue weighted by Crippen LogP contribution is 2.30. The van der Waals surface area contributed by atoms with E-state index in [1.807, 2.05) is 54.6 Å². The molecule has 0 saturated carbocycles. The van der Waals surface area contributed by atoms with Crippen LogP contribution in [-0.2, 0) is 17.6 Å². The van der Waals surface area contributed by atoms with Crippen LogP contribution in [0.25, 0.3) is 5.69 Å². The second-order valence-corrected chi connectivity index (χ2v) is 8.68. The van der Waals surface area contributed by atoms with Crippen LogP contribution >= 0.6 is 23.5 Å². The first-order valence-corrected chi connectivity index (χ1v) is 11.5. The number of amides is 1. The predicted octanol–water partition coefficient (Wildman–Crippen LogP) is 4.17. The predicted molar refractivity (Wildman–Crippen MR) is 119 cm³/mol. The number of aromatic nitrogens is 2. The molecule has 0 atom stereocenters. The van der Waals surface area contributed by atoms with E-state index in [4.69, 9.17) is 4.98 Å². The van der Waals surface area contributed by atoms with Gasteiger partial charge in [0, 0.05) is 17.9 Å². The molecule has 0 spiro atoms. The van der Waals surface area contributed by atoms with Gasteiger partial charge in [-0.2, -0.15) is 0 Å². The van der Waals surface area contributed by atoms with Crippen LogP contribution in [0.1, 0.15) is 18.2 Å². The Morgan fingerprint density at radius 1 is 1.17 bits per heavy atom. The van der Waals surface area contributed by atoms with Gasteiger partial charge in [-0.25, -0.2) is 4.98 Å². The van der Waals surface area contributed by atoms with E-state index < -0.39 is 0 Å². The van der Waals surface area contributed by atoms with Crippen molar-refractivity contribution in [2.45, 2.75) is 29.8 Å². The Kier molecular flexibility index (Phi) is 6.06. The van der Waals surface area contributed by atoms with E-state index in [-0.39, 0.29) is 17.2 Å². The maximum atomic E-state index is 13.1. The molecule has 0 aliphatic carbocycles. The Bertz CT molecular complexity index is 1080. The number of hydrogen-bond donors (Lipinski definition) is 1. The third-order valence-electron chi connectivity index (χ3n) is 4.66. The van der Waals surface area contributed by atoms with Crippen LogP contribution in [0.3, 0.4) is 0 Å². The fraction of sp³-hybridized carbons (Fsp3) is 0.227. The molecule has 7 heteroatoms. The maximum absolute atomic E-state index is 13.1. The number of anilines is 1. The number of nitrogens with one attached hydrogen (secondary N) is 1. The number of carbonyl (C=O) groups is 1. The lowest BCUT2D eigenvalue weighted by molar-refractivity contribution is -0.113. The second kappa shape index (κ2) is 8.88. The monoisotopic (exact) mass is 423 g/mol. The molecule has 5 nitrogen and oxygen atoms in total. The molecule has 1 aliphatic heterocycles. The Balaban J connectivity index is 1.55. The number of nitrogens with zero attached hydrogens (tertiary/aromatic N) is 2. The van der Waals surface area contributed by atoms with Crippen molar-refractivity contribution in [2.24, 2.45) is 0 Å². The molecule has 0 bridgehead atoms. The van der Waals surface area contributed by atoms with E-state index in [1.54, 1.807) is 16.3 Å². The molecule has 0 unspecified atom stereocenters. The summed E-state index contributed by atoms with van der Waals surface area (Å²) in [5, 5.41) is 3.47. The van der Waals surface area contributed by atoms with Gasteiger partial charge in [-0.05, 0) is 36.2 Å². The summed E-state index contributed by atoms with van der Waals surface area (Å²) in [5.41, 5.74) is 3.54. The topological polar surface area (TPSA) is 64.0 Å². The average Bonchev–Trinajstić information content (AvgIpc) is 3.22. The van der Waals surface area contributed by atoms with Crippen molar-refractivity contribution in [2.75, 3.05) is 16.8 Å². The lowest BCUT2D eigenvalue weighted by atomic mass is 10.1. The van der Waals surface area contributed by atoms with Crippen molar-refractivity contribution in [3.8, 4) is 5.69 Å². The number of fused-ring (bicyclic) bond motifs is 1. The van der Waals surface area contributed by atoms with E-state index in [9.17, 15) is 9.59 Å². The Morgan fingerprint density at radius 3 is 2.66 bits per heavy atom. The van der Waals surface area contributed by atoms with E-state index >= 15 is 0 Å². The quantitative estimate of drug-likeness (QED) is 0.476. The molecule has 0 fully saturated rings. The van der Waals surface area contributed by atoms with E-state index in [0.717, 1.165) is 40.6 Å². The van der Waals surface area contributed by atoms with Gasteiger partial charge < -0.3 is 5.32 Å². The summed E-state index contributed by atoms with van der Waals surface area (Å²) in [7, 11) is 0. The zero-order chi connectivity index (χ0) is 20.2. The number of carbonyl (C=O) groups excluding carboxylic acids is 1. The van der Waals surface area contributed by atoms with Crippen molar-refractivity contribution in [1.82, 2.24) is 9.55 Å². The smallest absolute Gasteiger partial charge is 0.272 e. The summed E-state index contributed by atoms with van der Waals surface area (Å²) >= 11 is 2.84. The summed E-state index contributed by atoms with van der Waals surface area (Å²) in [6.45, 7) is 2.10. The largest absolute Gasteiger partial charge is 0.325 e. The van der Waals surface area contributed by atoms with Gasteiger partial charge in [-0.1, -0.05) is 49.0 Å². The second-order valence-electron chi connectivity index (χ2n) is 6.63. The number of hydrogen-bond acceptors (Lipinski definition) is 5. The molecule has 3 aromatic rings. The van der Waals surface area contributed by atoms with Gasteiger partial charge in [0.25, 0.3) is 5.56 Å². The summed E-state index contributed by atoms with van der Waals surface area (Å²) in [6, 6.07) is 17.3. The fourth-order valence-electron chi connectivity index (χ4n) is 3.14. The first kappa shape index (κ1) is 19.8. The molecule has 29 heavy (non-hydrogen) atoms. The number of rotatable bonds is 6. The van der Waals surface area contributed by atoms with Crippen LogP contribution in [0, 0.1) is 0 Å². The molecular weight excluding hydrogens is 402 g/mol. The molecule has 0 radical (unpaired) electrons. The molecule has 1 aliphatic rings. The lowest BCUT2D eigenvalue weighted by Gasteiger charge is -2.13. The van der Waals surface area contributed by atoms with Crippen LogP contribution in [0.2, 0.25) is 0 Å². The molecule has 1 N–H and O–H groups in total. The van der Waals surface area contributed by atoms with E-state index in [2.05, 4.69) is 12.2 Å². The van der Waals surface area contributed by atoms with Crippen molar-refractivity contribution < 1.29 is 4.79 Å². The van der Waals surface area contributed by atoms with Crippen LogP contribution < -0.4 is 10.9 Å². The molecule has 148 valence electrons. The molecule has 2 heterocycles. The summed E-state index contributed by atoms with van der Waals surface area (Å²) < 4.78 is 1.62. The van der Waals surface area contributed by atoms with Gasteiger partial charge in [-0.15, -0.1) is 11.8 Å². The fourth-order valence-corrected chi connectivity index (χ4v) is 5.00. The van der Waals surface area contributed by atoms with Crippen molar-refractivity contribution in [1.29, 1.82) is 0 Å². The zero-order valence-electron chi connectivity index (χ0n) is 16.1. The number of benzene rings is 2. The number of aryl methyl sites for hydroxylation is 2. The molecular formula is C22H21N3O2S2. The van der Waals surface area contributed by atoms with Gasteiger partial charge in [0.05, 0.1) is 22.0 Å². The average molecular weight is 424 g/mol.